The van der Waals surface area contributed by atoms with Gasteiger partial charge in [-0.2, -0.15) is 10.1 Å². The molecule has 1 fully saturated rings. The molecular weight excluding hydrogens is 424 g/mol. The lowest BCUT2D eigenvalue weighted by Gasteiger charge is -2.10. The summed E-state index contributed by atoms with van der Waals surface area (Å²) >= 11 is 1.34. The molecule has 1 aliphatic carbocycles. The molecule has 1 aliphatic rings. The number of fused-ring (bicyclic) bond motifs is 1. The number of nitrogens with zero attached hydrogens (tertiary/aromatic N) is 4. The van der Waals surface area contributed by atoms with Crippen molar-refractivity contribution in [3.05, 3.63) is 65.2 Å². The predicted molar refractivity (Wildman–Crippen MR) is 122 cm³/mol. The number of thioether (sulfide) groups is 1. The smallest absolute Gasteiger partial charge is 0.252 e. The lowest BCUT2D eigenvalue weighted by Crippen LogP contribution is -2.25. The molecule has 0 saturated heterocycles. The van der Waals surface area contributed by atoms with Crippen LogP contribution in [-0.2, 0) is 0 Å². The van der Waals surface area contributed by atoms with Crippen molar-refractivity contribution in [1.82, 2.24) is 30.0 Å². The van der Waals surface area contributed by atoms with Gasteiger partial charge in [-0.05, 0) is 44.9 Å². The third-order valence-corrected chi connectivity index (χ3v) is 6.46. The van der Waals surface area contributed by atoms with Gasteiger partial charge in [-0.25, -0.2) is 10.1 Å². The third kappa shape index (κ3) is 3.91. The molecule has 2 N–H and O–H groups in total. The van der Waals surface area contributed by atoms with E-state index in [1.807, 2.05) is 48.7 Å². The van der Waals surface area contributed by atoms with Crippen LogP contribution in [0, 0.1) is 13.8 Å². The summed E-state index contributed by atoms with van der Waals surface area (Å²) < 4.78 is 1.87. The van der Waals surface area contributed by atoms with Crippen molar-refractivity contribution in [3.63, 3.8) is 0 Å². The molecular formula is C23H22N6O2S. The monoisotopic (exact) mass is 446 g/mol. The van der Waals surface area contributed by atoms with Gasteiger partial charge >= 0.3 is 0 Å². The Morgan fingerprint density at radius 1 is 1.19 bits per heavy atom. The first-order valence-corrected chi connectivity index (χ1v) is 11.4. The Labute approximate surface area is 188 Å². The number of ketones is 1. The normalized spacial score (nSPS) is 13.4. The van der Waals surface area contributed by atoms with Crippen LogP contribution in [0.25, 0.3) is 16.9 Å². The minimum atomic E-state index is -0.0881. The van der Waals surface area contributed by atoms with Gasteiger partial charge in [0, 0.05) is 28.4 Å². The van der Waals surface area contributed by atoms with Crippen LogP contribution in [0.2, 0.25) is 0 Å². The van der Waals surface area contributed by atoms with Gasteiger partial charge in [-0.1, -0.05) is 30.0 Å². The highest BCUT2D eigenvalue weighted by molar-refractivity contribution is 7.99. The highest BCUT2D eigenvalue weighted by Crippen LogP contribution is 2.27. The van der Waals surface area contributed by atoms with Crippen LogP contribution < -0.4 is 5.32 Å². The standard InChI is InChI=1S/C23H22N6O2S/c1-13-9-17(14(2)29(13)23-24-12-25-28-23)20(30)11-32-21-10-18(22(31)26-15-7-8-15)16-5-3-4-6-19(16)27-21/h3-6,9-10,12,15H,7-8,11H2,1-2H3,(H,26,31)(H,24,25,28). The van der Waals surface area contributed by atoms with Gasteiger partial charge in [0.15, 0.2) is 5.78 Å². The average molecular weight is 447 g/mol. The van der Waals surface area contributed by atoms with E-state index >= 15 is 0 Å². The number of hydrogen-bond donors (Lipinski definition) is 2. The van der Waals surface area contributed by atoms with Gasteiger partial charge in [-0.15, -0.1) is 0 Å². The van der Waals surface area contributed by atoms with Crippen molar-refractivity contribution in [3.8, 4) is 5.95 Å². The van der Waals surface area contributed by atoms with Crippen LogP contribution in [0.15, 0.2) is 47.8 Å². The van der Waals surface area contributed by atoms with Crippen molar-refractivity contribution in [2.75, 3.05) is 5.75 Å². The molecule has 0 atom stereocenters. The number of carbonyl (C=O) groups is 2. The number of pyridine rings is 1. The highest BCUT2D eigenvalue weighted by atomic mass is 32.2. The van der Waals surface area contributed by atoms with E-state index in [9.17, 15) is 9.59 Å². The van der Waals surface area contributed by atoms with E-state index in [-0.39, 0.29) is 23.5 Å². The van der Waals surface area contributed by atoms with Crippen LogP contribution >= 0.6 is 11.8 Å². The Morgan fingerprint density at radius 2 is 2.00 bits per heavy atom. The van der Waals surface area contributed by atoms with Gasteiger partial charge < -0.3 is 5.32 Å². The summed E-state index contributed by atoms with van der Waals surface area (Å²) in [5.41, 5.74) is 3.69. The molecule has 1 amide bonds. The molecule has 8 nitrogen and oxygen atoms in total. The van der Waals surface area contributed by atoms with E-state index in [4.69, 9.17) is 0 Å². The van der Waals surface area contributed by atoms with E-state index in [1.165, 1.54) is 18.1 Å². The number of amides is 1. The van der Waals surface area contributed by atoms with Gasteiger partial charge in [0.1, 0.15) is 6.33 Å². The van der Waals surface area contributed by atoms with Gasteiger partial charge in [0.05, 0.1) is 21.9 Å². The van der Waals surface area contributed by atoms with Crippen molar-refractivity contribution < 1.29 is 9.59 Å². The number of H-pyrrole nitrogens is 1. The average Bonchev–Trinajstić information content (AvgIpc) is 3.34. The van der Waals surface area contributed by atoms with Gasteiger partial charge in [0.25, 0.3) is 5.91 Å². The lowest BCUT2D eigenvalue weighted by molar-refractivity contribution is 0.0951. The molecule has 162 valence electrons. The summed E-state index contributed by atoms with van der Waals surface area (Å²) in [6.45, 7) is 3.82. The summed E-state index contributed by atoms with van der Waals surface area (Å²) in [7, 11) is 0. The van der Waals surface area contributed by atoms with E-state index < -0.39 is 0 Å². The van der Waals surface area contributed by atoms with Crippen molar-refractivity contribution in [1.29, 1.82) is 0 Å². The zero-order valence-electron chi connectivity index (χ0n) is 17.8. The molecule has 3 aromatic heterocycles. The van der Waals surface area contributed by atoms with E-state index in [2.05, 4.69) is 25.5 Å². The molecule has 5 rings (SSSR count). The number of aryl methyl sites for hydroxylation is 1. The largest absolute Gasteiger partial charge is 0.349 e. The van der Waals surface area contributed by atoms with Crippen molar-refractivity contribution in [2.24, 2.45) is 0 Å². The van der Waals surface area contributed by atoms with E-state index in [0.29, 0.717) is 22.1 Å². The third-order valence-electron chi connectivity index (χ3n) is 5.55. The Kier molecular flexibility index (Phi) is 5.26. The lowest BCUT2D eigenvalue weighted by atomic mass is 10.1. The summed E-state index contributed by atoms with van der Waals surface area (Å²) in [5, 5.41) is 11.2. The molecule has 0 unspecified atom stereocenters. The van der Waals surface area contributed by atoms with Crippen LogP contribution in [-0.4, -0.2) is 48.2 Å². The molecule has 4 aromatic rings. The second-order valence-electron chi connectivity index (χ2n) is 7.91. The molecule has 9 heteroatoms. The fourth-order valence-electron chi connectivity index (χ4n) is 3.80. The number of aromatic nitrogens is 5. The van der Waals surface area contributed by atoms with E-state index in [1.54, 1.807) is 6.07 Å². The summed E-state index contributed by atoms with van der Waals surface area (Å²) in [6, 6.07) is 11.5. The summed E-state index contributed by atoms with van der Waals surface area (Å²) in [5.74, 6) is 0.701. The van der Waals surface area contributed by atoms with Crippen LogP contribution in [0.4, 0.5) is 0 Å². The number of aromatic amines is 1. The first-order valence-electron chi connectivity index (χ1n) is 10.4. The fourth-order valence-corrected chi connectivity index (χ4v) is 4.60. The zero-order chi connectivity index (χ0) is 22.2. The minimum Gasteiger partial charge on any atom is -0.349 e. The van der Waals surface area contributed by atoms with Gasteiger partial charge in [-0.3, -0.25) is 14.2 Å². The Balaban J connectivity index is 1.39. The molecule has 1 aromatic carbocycles. The number of carbonyl (C=O) groups excluding carboxylic acids is 2. The topological polar surface area (TPSA) is 106 Å². The molecule has 0 spiro atoms. The minimum absolute atomic E-state index is 0.00666. The maximum absolute atomic E-state index is 13.0. The Hall–Kier alpha value is -3.46. The second kappa shape index (κ2) is 8.23. The first kappa shape index (κ1) is 20.4. The molecule has 1 saturated carbocycles. The second-order valence-corrected chi connectivity index (χ2v) is 8.91. The van der Waals surface area contributed by atoms with Crippen LogP contribution in [0.1, 0.15) is 44.9 Å². The predicted octanol–water partition coefficient (Wildman–Crippen LogP) is 3.63. The number of hydrogen-bond acceptors (Lipinski definition) is 6. The molecule has 3 heterocycles. The van der Waals surface area contributed by atoms with Crippen molar-refractivity contribution in [2.45, 2.75) is 37.8 Å². The number of nitrogens with one attached hydrogen (secondary N) is 2. The maximum Gasteiger partial charge on any atom is 0.252 e. The fraction of sp³-hybridized carbons (Fsp3) is 0.261. The first-order chi connectivity index (χ1) is 15.5. The van der Waals surface area contributed by atoms with Gasteiger partial charge in [0.2, 0.25) is 5.95 Å². The van der Waals surface area contributed by atoms with Crippen LogP contribution in [0.3, 0.4) is 0 Å². The van der Waals surface area contributed by atoms with Crippen LogP contribution in [0.5, 0.6) is 0 Å². The maximum atomic E-state index is 13.0. The number of Topliss-reactive ketones (excluding diaryl/α,β-unsaturated/α-hetero) is 1. The molecule has 0 radical (unpaired) electrons. The molecule has 0 bridgehead atoms. The Bertz CT molecular complexity index is 1320. The number of para-hydroxylation sites is 1. The summed E-state index contributed by atoms with van der Waals surface area (Å²) in [6.07, 6.45) is 3.49. The zero-order valence-corrected chi connectivity index (χ0v) is 18.6. The number of benzene rings is 1. The van der Waals surface area contributed by atoms with E-state index in [0.717, 1.165) is 35.1 Å². The Morgan fingerprint density at radius 3 is 2.75 bits per heavy atom. The number of rotatable bonds is 7. The SMILES string of the molecule is Cc1cc(C(=O)CSc2cc(C(=O)NC3CC3)c3ccccc3n2)c(C)n1-c1ncn[nH]1. The molecule has 32 heavy (non-hydrogen) atoms. The van der Waals surface area contributed by atoms with Crippen molar-refractivity contribution >= 4 is 34.4 Å². The molecule has 0 aliphatic heterocycles. The summed E-state index contributed by atoms with van der Waals surface area (Å²) in [4.78, 5) is 34.7. The quantitative estimate of drug-likeness (QED) is 0.332. The highest BCUT2D eigenvalue weighted by Gasteiger charge is 2.25.